The van der Waals surface area contributed by atoms with Gasteiger partial charge in [-0.15, -0.1) is 0 Å². The first kappa shape index (κ1) is 9.98. The number of halogens is 2. The molecule has 1 aromatic heterocycles. The molecule has 1 heterocycles. The summed E-state index contributed by atoms with van der Waals surface area (Å²) in [6.07, 6.45) is 0. The molecular formula is C10H8ClFN2O. The van der Waals surface area contributed by atoms with Crippen molar-refractivity contribution >= 4 is 17.4 Å². The number of nitrogen functional groups attached to an aromatic ring is 1. The monoisotopic (exact) mass is 226 g/mol. The van der Waals surface area contributed by atoms with Crippen LogP contribution in [0.2, 0.25) is 5.02 Å². The molecule has 2 aromatic rings. The molecule has 0 aliphatic rings. The van der Waals surface area contributed by atoms with E-state index in [4.69, 9.17) is 21.9 Å². The van der Waals surface area contributed by atoms with Crippen LogP contribution in [0.1, 0.15) is 5.76 Å². The van der Waals surface area contributed by atoms with Gasteiger partial charge in [-0.05, 0) is 13.0 Å². The lowest BCUT2D eigenvalue weighted by Crippen LogP contribution is -1.91. The van der Waals surface area contributed by atoms with Gasteiger partial charge in [0, 0.05) is 5.56 Å². The quantitative estimate of drug-likeness (QED) is 0.813. The van der Waals surface area contributed by atoms with E-state index in [0.29, 0.717) is 16.9 Å². The molecule has 2 rings (SSSR count). The van der Waals surface area contributed by atoms with Crippen LogP contribution in [0.5, 0.6) is 0 Å². The molecule has 0 bridgehead atoms. The van der Waals surface area contributed by atoms with Gasteiger partial charge in [0.05, 0.1) is 10.6 Å². The molecule has 0 aliphatic carbocycles. The number of hydrogen-bond acceptors (Lipinski definition) is 3. The zero-order chi connectivity index (χ0) is 11.0. The molecule has 3 nitrogen and oxygen atoms in total. The second-order valence-corrected chi connectivity index (χ2v) is 3.51. The van der Waals surface area contributed by atoms with Crippen molar-refractivity contribution < 1.29 is 8.91 Å². The van der Waals surface area contributed by atoms with Crippen molar-refractivity contribution in [1.82, 2.24) is 5.16 Å². The molecule has 1 aromatic carbocycles. The van der Waals surface area contributed by atoms with Crippen LogP contribution in [0.4, 0.5) is 10.2 Å². The van der Waals surface area contributed by atoms with Gasteiger partial charge in [0.2, 0.25) is 0 Å². The van der Waals surface area contributed by atoms with Crippen molar-refractivity contribution in [1.29, 1.82) is 0 Å². The normalized spacial score (nSPS) is 10.6. The summed E-state index contributed by atoms with van der Waals surface area (Å²) in [6.45, 7) is 1.67. The van der Waals surface area contributed by atoms with E-state index in [1.807, 2.05) is 0 Å². The van der Waals surface area contributed by atoms with Gasteiger partial charge in [0.15, 0.2) is 5.82 Å². The highest BCUT2D eigenvalue weighted by molar-refractivity contribution is 6.31. The van der Waals surface area contributed by atoms with E-state index in [2.05, 4.69) is 5.16 Å². The summed E-state index contributed by atoms with van der Waals surface area (Å²) < 4.78 is 18.5. The van der Waals surface area contributed by atoms with Crippen molar-refractivity contribution in [2.24, 2.45) is 0 Å². The largest absolute Gasteiger partial charge is 0.380 e. The van der Waals surface area contributed by atoms with Crippen LogP contribution in [0.3, 0.4) is 0 Å². The summed E-state index contributed by atoms with van der Waals surface area (Å²) in [7, 11) is 0. The highest BCUT2D eigenvalue weighted by Crippen LogP contribution is 2.33. The topological polar surface area (TPSA) is 52.0 Å². The highest BCUT2D eigenvalue weighted by atomic mass is 35.5. The van der Waals surface area contributed by atoms with E-state index in [0.717, 1.165) is 0 Å². The van der Waals surface area contributed by atoms with Crippen molar-refractivity contribution in [2.75, 3.05) is 5.73 Å². The molecule has 0 fully saturated rings. The van der Waals surface area contributed by atoms with Crippen LogP contribution >= 0.6 is 11.6 Å². The van der Waals surface area contributed by atoms with E-state index in [1.54, 1.807) is 19.1 Å². The van der Waals surface area contributed by atoms with E-state index < -0.39 is 5.82 Å². The first-order valence-electron chi connectivity index (χ1n) is 4.27. The third kappa shape index (κ3) is 1.57. The van der Waals surface area contributed by atoms with Crippen LogP contribution < -0.4 is 5.73 Å². The number of rotatable bonds is 1. The van der Waals surface area contributed by atoms with E-state index in [1.165, 1.54) is 6.07 Å². The summed E-state index contributed by atoms with van der Waals surface area (Å²) in [4.78, 5) is 0. The molecule has 0 atom stereocenters. The van der Waals surface area contributed by atoms with Crippen LogP contribution in [0.15, 0.2) is 22.7 Å². The second kappa shape index (κ2) is 3.55. The molecule has 0 saturated heterocycles. The maximum Gasteiger partial charge on any atom is 0.175 e. The maximum atomic E-state index is 13.7. The molecular weight excluding hydrogens is 219 g/mol. The molecule has 5 heteroatoms. The molecule has 0 aliphatic heterocycles. The Labute approximate surface area is 90.6 Å². The van der Waals surface area contributed by atoms with Crippen LogP contribution in [-0.4, -0.2) is 5.16 Å². The summed E-state index contributed by atoms with van der Waals surface area (Å²) in [5, 5.41) is 3.60. The lowest BCUT2D eigenvalue weighted by molar-refractivity contribution is 0.401. The SMILES string of the molecule is Cc1onc(N)c1-c1cccc(Cl)c1F. The van der Waals surface area contributed by atoms with E-state index in [9.17, 15) is 4.39 Å². The van der Waals surface area contributed by atoms with Crippen molar-refractivity contribution in [3.05, 3.63) is 34.8 Å². The molecule has 0 spiro atoms. The molecule has 0 radical (unpaired) electrons. The number of aryl methyl sites for hydroxylation is 1. The van der Waals surface area contributed by atoms with Gasteiger partial charge in [-0.1, -0.05) is 28.9 Å². The predicted molar refractivity (Wildman–Crippen MR) is 56.1 cm³/mol. The third-order valence-electron chi connectivity index (χ3n) is 2.11. The van der Waals surface area contributed by atoms with Crippen LogP contribution in [0, 0.1) is 12.7 Å². The highest BCUT2D eigenvalue weighted by Gasteiger charge is 2.17. The van der Waals surface area contributed by atoms with Crippen molar-refractivity contribution in [3.8, 4) is 11.1 Å². The predicted octanol–water partition coefficient (Wildman–Crippen LogP) is 3.02. The van der Waals surface area contributed by atoms with Gasteiger partial charge in [-0.2, -0.15) is 0 Å². The second-order valence-electron chi connectivity index (χ2n) is 3.10. The minimum Gasteiger partial charge on any atom is -0.380 e. The lowest BCUT2D eigenvalue weighted by Gasteiger charge is -2.02. The molecule has 78 valence electrons. The number of anilines is 1. The number of nitrogens with two attached hydrogens (primary N) is 1. The van der Waals surface area contributed by atoms with Crippen LogP contribution in [0.25, 0.3) is 11.1 Å². The Kier molecular flexibility index (Phi) is 2.36. The summed E-state index contributed by atoms with van der Waals surface area (Å²) in [5.74, 6) is 0.111. The fourth-order valence-electron chi connectivity index (χ4n) is 1.41. The van der Waals surface area contributed by atoms with Crippen molar-refractivity contribution in [3.63, 3.8) is 0 Å². The Hall–Kier alpha value is -1.55. The van der Waals surface area contributed by atoms with Gasteiger partial charge in [-0.3, -0.25) is 0 Å². The Morgan fingerprint density at radius 1 is 1.47 bits per heavy atom. The summed E-state index contributed by atoms with van der Waals surface area (Å²) in [6, 6.07) is 4.70. The van der Waals surface area contributed by atoms with Gasteiger partial charge < -0.3 is 10.3 Å². The molecule has 2 N–H and O–H groups in total. The standard InChI is InChI=1S/C10H8ClFN2O/c1-5-8(10(13)14-15-5)6-3-2-4-7(11)9(6)12/h2-4H,1H3,(H2,13,14). The smallest absolute Gasteiger partial charge is 0.175 e. The average Bonchev–Trinajstić information content (AvgIpc) is 2.52. The molecule has 0 saturated carbocycles. The molecule has 0 amide bonds. The summed E-state index contributed by atoms with van der Waals surface area (Å²) >= 11 is 5.67. The van der Waals surface area contributed by atoms with Crippen LogP contribution in [-0.2, 0) is 0 Å². The van der Waals surface area contributed by atoms with Gasteiger partial charge in [-0.25, -0.2) is 4.39 Å². The minimum absolute atomic E-state index is 0.0486. The zero-order valence-corrected chi connectivity index (χ0v) is 8.68. The van der Waals surface area contributed by atoms with Crippen molar-refractivity contribution in [2.45, 2.75) is 6.92 Å². The third-order valence-corrected chi connectivity index (χ3v) is 2.40. The first-order valence-corrected chi connectivity index (χ1v) is 4.65. The Bertz CT molecular complexity index is 491. The van der Waals surface area contributed by atoms with Gasteiger partial charge in [0.1, 0.15) is 11.6 Å². The first-order chi connectivity index (χ1) is 7.11. The summed E-state index contributed by atoms with van der Waals surface area (Å²) in [5.41, 5.74) is 6.34. The van der Waals surface area contributed by atoms with E-state index >= 15 is 0 Å². The molecule has 0 unspecified atom stereocenters. The fraction of sp³-hybridized carbons (Fsp3) is 0.100. The maximum absolute atomic E-state index is 13.7. The number of benzene rings is 1. The van der Waals surface area contributed by atoms with E-state index in [-0.39, 0.29) is 10.8 Å². The number of nitrogens with zero attached hydrogens (tertiary/aromatic N) is 1. The number of aromatic nitrogens is 1. The Morgan fingerprint density at radius 2 is 2.20 bits per heavy atom. The molecule has 15 heavy (non-hydrogen) atoms. The Morgan fingerprint density at radius 3 is 2.80 bits per heavy atom. The number of hydrogen-bond donors (Lipinski definition) is 1. The minimum atomic E-state index is -0.517. The zero-order valence-electron chi connectivity index (χ0n) is 7.92. The lowest BCUT2D eigenvalue weighted by atomic mass is 10.1. The average molecular weight is 227 g/mol. The van der Waals surface area contributed by atoms with Gasteiger partial charge >= 0.3 is 0 Å². The Balaban J connectivity index is 2.69. The van der Waals surface area contributed by atoms with Gasteiger partial charge in [0.25, 0.3) is 0 Å². The fourth-order valence-corrected chi connectivity index (χ4v) is 1.59.